The number of hydrogen-bond acceptors (Lipinski definition) is 2. The fourth-order valence-corrected chi connectivity index (χ4v) is 0.452. The Hall–Kier alpha value is -0.570. The maximum Gasteiger partial charge on any atom is 0.217 e. The van der Waals surface area contributed by atoms with Crippen LogP contribution in [0, 0.1) is 0 Å². The highest BCUT2D eigenvalue weighted by molar-refractivity contribution is 5.73. The number of carbonyl (C=O) groups excluding carboxylic acids is 1. The summed E-state index contributed by atoms with van der Waals surface area (Å²) >= 11 is 0. The molecular formula is C6H14N2O. The van der Waals surface area contributed by atoms with Gasteiger partial charge in [-0.3, -0.25) is 4.79 Å². The van der Waals surface area contributed by atoms with Gasteiger partial charge in [-0.2, -0.15) is 0 Å². The number of hydrogen-bond donors (Lipinski definition) is 2. The van der Waals surface area contributed by atoms with Crippen molar-refractivity contribution in [1.29, 1.82) is 0 Å². The smallest absolute Gasteiger partial charge is 0.217 e. The van der Waals surface area contributed by atoms with Crippen molar-refractivity contribution in [2.24, 2.45) is 5.73 Å². The van der Waals surface area contributed by atoms with Crippen molar-refractivity contribution in [3.63, 3.8) is 0 Å². The van der Waals surface area contributed by atoms with Crippen molar-refractivity contribution in [1.82, 2.24) is 5.32 Å². The molecule has 9 heavy (non-hydrogen) atoms. The Labute approximate surface area is 55.6 Å². The molecule has 0 heterocycles. The Morgan fingerprint density at radius 3 is 2.11 bits per heavy atom. The van der Waals surface area contributed by atoms with Gasteiger partial charge in [-0.25, -0.2) is 0 Å². The van der Waals surface area contributed by atoms with Gasteiger partial charge in [0.15, 0.2) is 0 Å². The molecule has 0 saturated heterocycles. The molecule has 0 saturated carbocycles. The van der Waals surface area contributed by atoms with E-state index in [1.54, 1.807) is 0 Å². The van der Waals surface area contributed by atoms with Gasteiger partial charge in [0.25, 0.3) is 0 Å². The molecule has 0 aliphatic carbocycles. The lowest BCUT2D eigenvalue weighted by Crippen LogP contribution is -2.42. The van der Waals surface area contributed by atoms with Gasteiger partial charge >= 0.3 is 0 Å². The number of amides is 1. The Morgan fingerprint density at radius 2 is 2.00 bits per heavy atom. The fourth-order valence-electron chi connectivity index (χ4n) is 0.452. The standard InChI is InChI=1S/C6H14N2O/c1-4(7)5(2)8-6(3)9/h4-5H,7H2,1-3H3,(H,8,9). The number of nitrogens with two attached hydrogens (primary N) is 1. The van der Waals surface area contributed by atoms with Crippen molar-refractivity contribution in [3.05, 3.63) is 0 Å². The summed E-state index contributed by atoms with van der Waals surface area (Å²) in [7, 11) is 0. The molecule has 0 spiro atoms. The topological polar surface area (TPSA) is 55.1 Å². The van der Waals surface area contributed by atoms with Crippen LogP contribution in [-0.4, -0.2) is 18.0 Å². The van der Waals surface area contributed by atoms with Crippen LogP contribution in [0.5, 0.6) is 0 Å². The van der Waals surface area contributed by atoms with Crippen LogP contribution in [0.4, 0.5) is 0 Å². The van der Waals surface area contributed by atoms with E-state index in [0.717, 1.165) is 0 Å². The van der Waals surface area contributed by atoms with Gasteiger partial charge in [-0.1, -0.05) is 0 Å². The molecule has 54 valence electrons. The minimum Gasteiger partial charge on any atom is -0.352 e. The van der Waals surface area contributed by atoms with E-state index in [4.69, 9.17) is 5.73 Å². The molecule has 0 radical (unpaired) electrons. The van der Waals surface area contributed by atoms with Gasteiger partial charge in [0.1, 0.15) is 0 Å². The van der Waals surface area contributed by atoms with E-state index in [1.165, 1.54) is 6.92 Å². The molecule has 0 rings (SSSR count). The molecule has 0 aromatic carbocycles. The van der Waals surface area contributed by atoms with Crippen LogP contribution in [0.2, 0.25) is 0 Å². The third kappa shape index (κ3) is 3.97. The first-order valence-electron chi connectivity index (χ1n) is 3.06. The first kappa shape index (κ1) is 8.43. The Kier molecular flexibility index (Phi) is 3.24. The molecule has 0 aromatic heterocycles. The van der Waals surface area contributed by atoms with Gasteiger partial charge in [-0.15, -0.1) is 0 Å². The first-order valence-corrected chi connectivity index (χ1v) is 3.06. The summed E-state index contributed by atoms with van der Waals surface area (Å²) in [6.07, 6.45) is 0. The second-order valence-corrected chi connectivity index (χ2v) is 2.35. The predicted octanol–water partition coefficient (Wildman–Crippen LogP) is -0.142. The Bertz CT molecular complexity index is 101. The van der Waals surface area contributed by atoms with Gasteiger partial charge < -0.3 is 11.1 Å². The minimum absolute atomic E-state index is 0.0221. The quantitative estimate of drug-likeness (QED) is 0.546. The maximum atomic E-state index is 10.4. The molecule has 0 aliphatic heterocycles. The Balaban J connectivity index is 3.50. The second kappa shape index (κ2) is 3.45. The van der Waals surface area contributed by atoms with E-state index in [-0.39, 0.29) is 18.0 Å². The molecule has 3 nitrogen and oxygen atoms in total. The summed E-state index contributed by atoms with van der Waals surface area (Å²) in [4.78, 5) is 10.4. The van der Waals surface area contributed by atoms with Crippen LogP contribution in [0.1, 0.15) is 20.8 Å². The van der Waals surface area contributed by atoms with Crippen molar-refractivity contribution in [2.75, 3.05) is 0 Å². The largest absolute Gasteiger partial charge is 0.352 e. The lowest BCUT2D eigenvalue weighted by Gasteiger charge is -2.15. The molecule has 0 bridgehead atoms. The third-order valence-corrected chi connectivity index (χ3v) is 1.22. The van der Waals surface area contributed by atoms with Crippen LogP contribution in [-0.2, 0) is 4.79 Å². The zero-order valence-electron chi connectivity index (χ0n) is 6.14. The molecule has 1 amide bonds. The highest BCUT2D eigenvalue weighted by Gasteiger charge is 2.06. The van der Waals surface area contributed by atoms with Crippen LogP contribution in [0.15, 0.2) is 0 Å². The molecule has 0 aliphatic rings. The first-order chi connectivity index (χ1) is 4.04. The van der Waals surface area contributed by atoms with Gasteiger partial charge in [0.05, 0.1) is 0 Å². The van der Waals surface area contributed by atoms with Gasteiger partial charge in [-0.05, 0) is 13.8 Å². The zero-order chi connectivity index (χ0) is 7.44. The number of rotatable bonds is 2. The molecule has 0 aromatic rings. The highest BCUT2D eigenvalue weighted by atomic mass is 16.1. The second-order valence-electron chi connectivity index (χ2n) is 2.35. The molecule has 0 fully saturated rings. The summed E-state index contributed by atoms with van der Waals surface area (Å²) in [5, 5.41) is 2.68. The zero-order valence-corrected chi connectivity index (χ0v) is 6.14. The maximum absolute atomic E-state index is 10.4. The SMILES string of the molecule is CC(=O)NC(C)C(C)N. The van der Waals surface area contributed by atoms with Crippen molar-refractivity contribution in [2.45, 2.75) is 32.9 Å². The van der Waals surface area contributed by atoms with Gasteiger partial charge in [0.2, 0.25) is 5.91 Å². The van der Waals surface area contributed by atoms with E-state index in [2.05, 4.69) is 5.32 Å². The van der Waals surface area contributed by atoms with Crippen LogP contribution < -0.4 is 11.1 Å². The summed E-state index contributed by atoms with van der Waals surface area (Å²) in [6.45, 7) is 5.23. The van der Waals surface area contributed by atoms with E-state index in [1.807, 2.05) is 13.8 Å². The Morgan fingerprint density at radius 1 is 1.56 bits per heavy atom. The predicted molar refractivity (Wildman–Crippen MR) is 36.9 cm³/mol. The number of carbonyl (C=O) groups is 1. The molecule has 2 unspecified atom stereocenters. The van der Waals surface area contributed by atoms with Crippen LogP contribution in [0.25, 0.3) is 0 Å². The lowest BCUT2D eigenvalue weighted by molar-refractivity contribution is -0.119. The average molecular weight is 130 g/mol. The van der Waals surface area contributed by atoms with E-state index < -0.39 is 0 Å². The summed E-state index contributed by atoms with van der Waals surface area (Å²) in [6, 6.07) is 0.0939. The minimum atomic E-state index is -0.0280. The summed E-state index contributed by atoms with van der Waals surface area (Å²) in [5.41, 5.74) is 5.47. The van der Waals surface area contributed by atoms with E-state index in [0.29, 0.717) is 0 Å². The van der Waals surface area contributed by atoms with Gasteiger partial charge in [0, 0.05) is 19.0 Å². The molecule has 3 N–H and O–H groups in total. The molecular weight excluding hydrogens is 116 g/mol. The normalized spacial score (nSPS) is 16.4. The summed E-state index contributed by atoms with van der Waals surface area (Å²) in [5.74, 6) is -0.0280. The van der Waals surface area contributed by atoms with Crippen LogP contribution in [0.3, 0.4) is 0 Å². The van der Waals surface area contributed by atoms with E-state index >= 15 is 0 Å². The summed E-state index contributed by atoms with van der Waals surface area (Å²) < 4.78 is 0. The molecule has 3 heteroatoms. The van der Waals surface area contributed by atoms with E-state index in [9.17, 15) is 4.79 Å². The van der Waals surface area contributed by atoms with Crippen molar-refractivity contribution in [3.8, 4) is 0 Å². The van der Waals surface area contributed by atoms with Crippen molar-refractivity contribution >= 4 is 5.91 Å². The highest BCUT2D eigenvalue weighted by Crippen LogP contribution is 1.85. The fraction of sp³-hybridized carbons (Fsp3) is 0.833. The third-order valence-electron chi connectivity index (χ3n) is 1.22. The van der Waals surface area contributed by atoms with Crippen molar-refractivity contribution < 1.29 is 4.79 Å². The van der Waals surface area contributed by atoms with Crippen LogP contribution >= 0.6 is 0 Å². The lowest BCUT2D eigenvalue weighted by atomic mass is 10.2. The monoisotopic (exact) mass is 130 g/mol. The average Bonchev–Trinajstić information content (AvgIpc) is 1.63. The number of nitrogens with one attached hydrogen (secondary N) is 1. The molecule has 2 atom stereocenters.